The summed E-state index contributed by atoms with van der Waals surface area (Å²) >= 11 is 0. The number of H-pyrrole nitrogens is 1. The molecule has 0 bridgehead atoms. The van der Waals surface area contributed by atoms with E-state index in [1.165, 1.54) is 36.4 Å². The van der Waals surface area contributed by atoms with E-state index in [-0.39, 0.29) is 34.3 Å². The summed E-state index contributed by atoms with van der Waals surface area (Å²) < 4.78 is 73.5. The number of aromatic amines is 1. The van der Waals surface area contributed by atoms with E-state index in [4.69, 9.17) is 15.6 Å². The second-order valence-corrected chi connectivity index (χ2v) is 9.40. The van der Waals surface area contributed by atoms with Crippen LogP contribution < -0.4 is 10.6 Å². The standard InChI is InChI=1S/C27H24F3N3O4.C2HF3O2/c28-27(29,30)24-20(19-8-4-5-9-22(19)32-24)15-23(26(36)37)33(17-6-2-1-3-7-17)25(35)21(31)14-16-10-12-18(34)13-11-16;3-2(4,5)1(6)7/h1-13,21,23,32,34H,14-15,31H2,(H,36,37);(H,6,7)/t21-,23-;/m0./s1. The molecule has 0 aliphatic heterocycles. The van der Waals surface area contributed by atoms with Gasteiger partial charge in [-0.3, -0.25) is 9.69 Å². The molecule has 2 atom stereocenters. The van der Waals surface area contributed by atoms with Crippen LogP contribution in [-0.2, 0) is 33.4 Å². The monoisotopic (exact) mass is 625 g/mol. The number of hydrogen-bond donors (Lipinski definition) is 5. The number of rotatable bonds is 8. The van der Waals surface area contributed by atoms with Gasteiger partial charge in [-0.25, -0.2) is 9.59 Å². The summed E-state index contributed by atoms with van der Waals surface area (Å²) in [5.41, 5.74) is 5.89. The lowest BCUT2D eigenvalue weighted by molar-refractivity contribution is -0.192. The summed E-state index contributed by atoms with van der Waals surface area (Å²) in [6.07, 6.45) is -10.4. The number of carbonyl (C=O) groups is 3. The Hall–Kier alpha value is -5.05. The number of nitrogens with zero attached hydrogens (tertiary/aromatic N) is 1. The molecule has 1 amide bonds. The predicted octanol–water partition coefficient (Wildman–Crippen LogP) is 5.12. The zero-order chi connectivity index (χ0) is 32.8. The molecule has 4 aromatic rings. The van der Waals surface area contributed by atoms with Crippen molar-refractivity contribution in [2.75, 3.05) is 4.90 Å². The fourth-order valence-corrected chi connectivity index (χ4v) is 4.34. The Morgan fingerprint density at radius 3 is 1.89 bits per heavy atom. The average molecular weight is 626 g/mol. The third kappa shape index (κ3) is 8.28. The number of aromatic nitrogens is 1. The van der Waals surface area contributed by atoms with Crippen LogP contribution in [0.15, 0.2) is 78.9 Å². The van der Waals surface area contributed by atoms with E-state index in [0.29, 0.717) is 5.56 Å². The maximum absolute atomic E-state index is 13.9. The van der Waals surface area contributed by atoms with E-state index >= 15 is 0 Å². The number of carboxylic acids is 2. The van der Waals surface area contributed by atoms with Crippen molar-refractivity contribution in [3.05, 3.63) is 95.7 Å². The quantitative estimate of drug-likeness (QED) is 0.170. The Morgan fingerprint density at radius 2 is 1.36 bits per heavy atom. The molecule has 3 aromatic carbocycles. The van der Waals surface area contributed by atoms with E-state index in [9.17, 15) is 46.1 Å². The number of nitrogens with one attached hydrogen (secondary N) is 1. The number of para-hydroxylation sites is 2. The van der Waals surface area contributed by atoms with Gasteiger partial charge in [0.2, 0.25) is 5.91 Å². The van der Waals surface area contributed by atoms with Crippen LogP contribution in [0.4, 0.5) is 32.0 Å². The summed E-state index contributed by atoms with van der Waals surface area (Å²) in [4.78, 5) is 38.3. The smallest absolute Gasteiger partial charge is 0.490 e. The third-order valence-corrected chi connectivity index (χ3v) is 6.31. The molecule has 234 valence electrons. The van der Waals surface area contributed by atoms with Gasteiger partial charge >= 0.3 is 24.3 Å². The lowest BCUT2D eigenvalue weighted by atomic mass is 9.98. The maximum Gasteiger partial charge on any atom is 0.490 e. The van der Waals surface area contributed by atoms with Crippen LogP contribution in [-0.4, -0.2) is 56.4 Å². The Kier molecular flexibility index (Phi) is 10.3. The van der Waals surface area contributed by atoms with E-state index in [1.54, 1.807) is 42.5 Å². The molecule has 0 fully saturated rings. The Labute approximate surface area is 245 Å². The lowest BCUT2D eigenvalue weighted by Crippen LogP contribution is -2.53. The fourth-order valence-electron chi connectivity index (χ4n) is 4.34. The molecule has 4 rings (SSSR count). The van der Waals surface area contributed by atoms with Crippen LogP contribution in [0.2, 0.25) is 0 Å². The normalized spacial score (nSPS) is 13.0. The van der Waals surface area contributed by atoms with Gasteiger partial charge in [0.25, 0.3) is 0 Å². The van der Waals surface area contributed by atoms with Crippen molar-refractivity contribution in [3.8, 4) is 5.75 Å². The molecule has 0 radical (unpaired) electrons. The number of aromatic hydroxyl groups is 1. The molecular formula is C29H25F6N3O6. The van der Waals surface area contributed by atoms with Crippen molar-refractivity contribution < 1.29 is 56.0 Å². The lowest BCUT2D eigenvalue weighted by Gasteiger charge is -2.31. The molecule has 1 aromatic heterocycles. The van der Waals surface area contributed by atoms with Gasteiger partial charge in [0.15, 0.2) is 0 Å². The predicted molar refractivity (Wildman–Crippen MR) is 146 cm³/mol. The maximum atomic E-state index is 13.9. The van der Waals surface area contributed by atoms with Crippen molar-refractivity contribution in [2.45, 2.75) is 37.3 Å². The number of halogens is 6. The number of hydrogen-bond acceptors (Lipinski definition) is 5. The van der Waals surface area contributed by atoms with E-state index in [0.717, 1.165) is 4.90 Å². The molecular weight excluding hydrogens is 600 g/mol. The topological polar surface area (TPSA) is 157 Å². The van der Waals surface area contributed by atoms with Gasteiger partial charge < -0.3 is 26.0 Å². The van der Waals surface area contributed by atoms with Gasteiger partial charge in [0.05, 0.1) is 6.04 Å². The van der Waals surface area contributed by atoms with Crippen LogP contribution in [0.1, 0.15) is 16.8 Å². The summed E-state index contributed by atoms with van der Waals surface area (Å²) in [7, 11) is 0. The van der Waals surface area contributed by atoms with Gasteiger partial charge in [-0.15, -0.1) is 0 Å². The molecule has 0 saturated carbocycles. The number of carboxylic acid groups (broad SMARTS) is 2. The van der Waals surface area contributed by atoms with Crippen LogP contribution >= 0.6 is 0 Å². The SMILES string of the molecule is N[C@@H](Cc1ccc(O)cc1)C(=O)N(c1ccccc1)[C@@H](Cc1c(C(F)(F)F)[nH]c2ccccc12)C(=O)O.O=C(O)C(F)(F)F. The number of amides is 1. The molecule has 0 spiro atoms. The number of aliphatic carboxylic acids is 2. The molecule has 0 unspecified atom stereocenters. The zero-order valence-electron chi connectivity index (χ0n) is 22.4. The summed E-state index contributed by atoms with van der Waals surface area (Å²) in [5, 5.41) is 27.0. The van der Waals surface area contributed by atoms with Crippen molar-refractivity contribution in [3.63, 3.8) is 0 Å². The van der Waals surface area contributed by atoms with Gasteiger partial charge in [-0.1, -0.05) is 48.5 Å². The van der Waals surface area contributed by atoms with Crippen molar-refractivity contribution >= 4 is 34.4 Å². The summed E-state index contributed by atoms with van der Waals surface area (Å²) in [5.74, 6) is -4.97. The van der Waals surface area contributed by atoms with E-state index in [1.807, 2.05) is 0 Å². The largest absolute Gasteiger partial charge is 0.508 e. The number of benzene rings is 3. The highest BCUT2D eigenvalue weighted by atomic mass is 19.4. The summed E-state index contributed by atoms with van der Waals surface area (Å²) in [6.45, 7) is 0. The minimum atomic E-state index is -5.08. The average Bonchev–Trinajstić information content (AvgIpc) is 3.33. The highest BCUT2D eigenvalue weighted by Gasteiger charge is 2.40. The number of fused-ring (bicyclic) bond motifs is 1. The van der Waals surface area contributed by atoms with Gasteiger partial charge in [-0.05, 0) is 47.9 Å². The number of alkyl halides is 6. The van der Waals surface area contributed by atoms with Gasteiger partial charge in [0, 0.05) is 23.0 Å². The fraction of sp³-hybridized carbons (Fsp3) is 0.207. The minimum absolute atomic E-state index is 0.0235. The first-order valence-electron chi connectivity index (χ1n) is 12.6. The zero-order valence-corrected chi connectivity index (χ0v) is 22.4. The van der Waals surface area contributed by atoms with Crippen LogP contribution in [0, 0.1) is 0 Å². The number of anilines is 1. The first-order chi connectivity index (χ1) is 20.5. The number of carbonyl (C=O) groups excluding carboxylic acids is 1. The van der Waals surface area contributed by atoms with E-state index in [2.05, 4.69) is 4.98 Å². The Morgan fingerprint density at radius 1 is 0.818 bits per heavy atom. The third-order valence-electron chi connectivity index (χ3n) is 6.31. The Bertz CT molecular complexity index is 1600. The number of phenols is 1. The van der Waals surface area contributed by atoms with Crippen LogP contribution in [0.5, 0.6) is 5.75 Å². The molecule has 15 heteroatoms. The Balaban J connectivity index is 0.000000676. The van der Waals surface area contributed by atoms with Gasteiger partial charge in [-0.2, -0.15) is 26.3 Å². The first-order valence-corrected chi connectivity index (χ1v) is 12.6. The molecule has 9 nitrogen and oxygen atoms in total. The van der Waals surface area contributed by atoms with E-state index < -0.39 is 54.4 Å². The van der Waals surface area contributed by atoms with Crippen molar-refractivity contribution in [2.24, 2.45) is 5.73 Å². The van der Waals surface area contributed by atoms with Crippen molar-refractivity contribution in [1.82, 2.24) is 4.98 Å². The molecule has 0 aliphatic rings. The molecule has 44 heavy (non-hydrogen) atoms. The highest BCUT2D eigenvalue weighted by Crippen LogP contribution is 2.37. The van der Waals surface area contributed by atoms with Crippen LogP contribution in [0.25, 0.3) is 10.9 Å². The molecule has 1 heterocycles. The minimum Gasteiger partial charge on any atom is -0.508 e. The van der Waals surface area contributed by atoms with Gasteiger partial charge in [0.1, 0.15) is 17.5 Å². The van der Waals surface area contributed by atoms with Crippen LogP contribution in [0.3, 0.4) is 0 Å². The molecule has 6 N–H and O–H groups in total. The second kappa shape index (κ2) is 13.5. The summed E-state index contributed by atoms with van der Waals surface area (Å²) in [6, 6.07) is 17.0. The molecule has 0 saturated heterocycles. The number of nitrogens with two attached hydrogens (primary N) is 1. The highest BCUT2D eigenvalue weighted by molar-refractivity contribution is 6.02. The molecule has 0 aliphatic carbocycles. The first kappa shape index (κ1) is 33.5. The second-order valence-electron chi connectivity index (χ2n) is 9.40. The number of phenolic OH excluding ortho intramolecular Hbond substituents is 1. The van der Waals surface area contributed by atoms with Crippen molar-refractivity contribution in [1.29, 1.82) is 0 Å².